The summed E-state index contributed by atoms with van der Waals surface area (Å²) in [5.74, 6) is 0.998. The van der Waals surface area contributed by atoms with Gasteiger partial charge in [-0.15, -0.1) is 0 Å². The van der Waals surface area contributed by atoms with E-state index in [9.17, 15) is 4.79 Å². The summed E-state index contributed by atoms with van der Waals surface area (Å²) in [5, 5.41) is 4.62. The quantitative estimate of drug-likeness (QED) is 0.662. The summed E-state index contributed by atoms with van der Waals surface area (Å²) in [7, 11) is 3.48. The lowest BCUT2D eigenvalue weighted by Crippen LogP contribution is -2.36. The maximum Gasteiger partial charge on any atom is 0.255 e. The molecule has 0 unspecified atom stereocenters. The lowest BCUT2D eigenvalue weighted by Gasteiger charge is -2.27. The molecule has 1 aliphatic rings. The Labute approximate surface area is 169 Å². The smallest absolute Gasteiger partial charge is 0.255 e. The molecule has 3 aromatic rings. The van der Waals surface area contributed by atoms with Gasteiger partial charge in [-0.25, -0.2) is 9.97 Å². The molecule has 8 nitrogen and oxygen atoms in total. The maximum absolute atomic E-state index is 12.9. The fraction of sp³-hybridized carbons (Fsp3) is 0.333. The molecular formula is C21H23N5O3. The van der Waals surface area contributed by atoms with E-state index in [4.69, 9.17) is 9.47 Å². The molecule has 0 spiro atoms. The first-order valence-electron chi connectivity index (χ1n) is 9.43. The van der Waals surface area contributed by atoms with Crippen molar-refractivity contribution in [3.63, 3.8) is 0 Å². The zero-order chi connectivity index (χ0) is 20.4. The van der Waals surface area contributed by atoms with Crippen molar-refractivity contribution in [1.29, 1.82) is 0 Å². The number of ether oxygens (including phenoxy) is 2. The standard InChI is InChI=1S/C21H23N5O3/c1-14-6-8-22-20(10-14)29-13-17-16-12-26(9-7-18(16)25(2)24-17)21(27)15-4-5-19(28-3)23-11-15/h4-6,8,10-11H,7,9,12-13H2,1-3H3. The van der Waals surface area contributed by atoms with Crippen molar-refractivity contribution in [3.8, 4) is 11.8 Å². The van der Waals surface area contributed by atoms with Crippen molar-refractivity contribution in [1.82, 2.24) is 24.6 Å². The number of hydrogen-bond donors (Lipinski definition) is 0. The lowest BCUT2D eigenvalue weighted by atomic mass is 10.0. The molecule has 3 aromatic heterocycles. The van der Waals surface area contributed by atoms with E-state index in [1.54, 1.807) is 31.6 Å². The van der Waals surface area contributed by atoms with E-state index in [-0.39, 0.29) is 5.91 Å². The Kier molecular flexibility index (Phi) is 5.16. The number of methoxy groups -OCH3 is 1. The molecule has 1 amide bonds. The SMILES string of the molecule is COc1ccc(C(=O)N2CCc3c(c(COc4cc(C)ccn4)nn3C)C2)cn1. The van der Waals surface area contributed by atoms with Crippen molar-refractivity contribution >= 4 is 5.91 Å². The van der Waals surface area contributed by atoms with E-state index in [2.05, 4.69) is 15.1 Å². The first kappa shape index (κ1) is 18.9. The number of hydrogen-bond acceptors (Lipinski definition) is 6. The molecule has 0 radical (unpaired) electrons. The third-order valence-electron chi connectivity index (χ3n) is 5.05. The third kappa shape index (κ3) is 3.91. The van der Waals surface area contributed by atoms with Gasteiger partial charge in [0, 0.05) is 62.3 Å². The van der Waals surface area contributed by atoms with Crippen LogP contribution < -0.4 is 9.47 Å². The molecule has 0 bridgehead atoms. The maximum atomic E-state index is 12.9. The number of nitrogens with zero attached hydrogens (tertiary/aromatic N) is 5. The van der Waals surface area contributed by atoms with Gasteiger partial charge < -0.3 is 14.4 Å². The van der Waals surface area contributed by atoms with E-state index in [1.807, 2.05) is 35.7 Å². The van der Waals surface area contributed by atoms with Gasteiger partial charge in [-0.2, -0.15) is 5.10 Å². The van der Waals surface area contributed by atoms with E-state index in [0.717, 1.165) is 28.9 Å². The monoisotopic (exact) mass is 393 g/mol. The van der Waals surface area contributed by atoms with E-state index >= 15 is 0 Å². The van der Waals surface area contributed by atoms with Crippen LogP contribution in [0.2, 0.25) is 0 Å². The van der Waals surface area contributed by atoms with Gasteiger partial charge in [-0.3, -0.25) is 9.48 Å². The molecule has 0 aromatic carbocycles. The zero-order valence-corrected chi connectivity index (χ0v) is 16.8. The van der Waals surface area contributed by atoms with Gasteiger partial charge in [0.15, 0.2) is 0 Å². The first-order valence-corrected chi connectivity index (χ1v) is 9.43. The molecular weight excluding hydrogens is 370 g/mol. The minimum Gasteiger partial charge on any atom is -0.481 e. The average molecular weight is 393 g/mol. The molecule has 0 saturated carbocycles. The topological polar surface area (TPSA) is 82.4 Å². The third-order valence-corrected chi connectivity index (χ3v) is 5.05. The number of aromatic nitrogens is 4. The van der Waals surface area contributed by atoms with Gasteiger partial charge in [0.25, 0.3) is 5.91 Å². The number of carbonyl (C=O) groups is 1. The predicted molar refractivity (Wildman–Crippen MR) is 106 cm³/mol. The fourth-order valence-corrected chi connectivity index (χ4v) is 3.50. The molecule has 0 atom stereocenters. The average Bonchev–Trinajstić information content (AvgIpc) is 3.07. The van der Waals surface area contributed by atoms with Crippen LogP contribution in [0.1, 0.15) is 32.9 Å². The van der Waals surface area contributed by atoms with Crippen LogP contribution in [0.3, 0.4) is 0 Å². The molecule has 4 heterocycles. The van der Waals surface area contributed by atoms with E-state index < -0.39 is 0 Å². The summed E-state index contributed by atoms with van der Waals surface area (Å²) in [6.45, 7) is 3.44. The van der Waals surface area contributed by atoms with Crippen molar-refractivity contribution in [3.05, 3.63) is 64.7 Å². The molecule has 4 rings (SSSR count). The number of pyridine rings is 2. The van der Waals surface area contributed by atoms with Gasteiger partial charge in [-0.05, 0) is 24.6 Å². The van der Waals surface area contributed by atoms with Crippen LogP contribution in [-0.2, 0) is 26.6 Å². The summed E-state index contributed by atoms with van der Waals surface area (Å²) in [6, 6.07) is 7.25. The second-order valence-corrected chi connectivity index (χ2v) is 7.02. The summed E-state index contributed by atoms with van der Waals surface area (Å²) < 4.78 is 12.8. The van der Waals surface area contributed by atoms with Crippen LogP contribution in [-0.4, -0.2) is 44.2 Å². The number of amides is 1. The van der Waals surface area contributed by atoms with Gasteiger partial charge in [0.1, 0.15) is 12.3 Å². The van der Waals surface area contributed by atoms with Crippen molar-refractivity contribution in [2.45, 2.75) is 26.5 Å². The highest BCUT2D eigenvalue weighted by molar-refractivity contribution is 5.94. The molecule has 0 aliphatic carbocycles. The normalized spacial score (nSPS) is 13.1. The summed E-state index contributed by atoms with van der Waals surface area (Å²) in [6.07, 6.45) is 4.02. The molecule has 8 heteroatoms. The number of rotatable bonds is 5. The number of aryl methyl sites for hydroxylation is 2. The number of fused-ring (bicyclic) bond motifs is 1. The van der Waals surface area contributed by atoms with Gasteiger partial charge >= 0.3 is 0 Å². The summed E-state index contributed by atoms with van der Waals surface area (Å²) in [5.41, 5.74) is 4.64. The Balaban J connectivity index is 1.51. The fourth-order valence-electron chi connectivity index (χ4n) is 3.50. The second-order valence-electron chi connectivity index (χ2n) is 7.02. The lowest BCUT2D eigenvalue weighted by molar-refractivity contribution is 0.0732. The molecule has 1 aliphatic heterocycles. The summed E-state index contributed by atoms with van der Waals surface area (Å²) in [4.78, 5) is 23.1. The van der Waals surface area contributed by atoms with Crippen LogP contribution >= 0.6 is 0 Å². The Hall–Kier alpha value is -3.42. The Morgan fingerprint density at radius 3 is 2.79 bits per heavy atom. The highest BCUT2D eigenvalue weighted by atomic mass is 16.5. The van der Waals surface area contributed by atoms with Crippen LogP contribution in [0.25, 0.3) is 0 Å². The van der Waals surface area contributed by atoms with Crippen LogP contribution in [0.5, 0.6) is 11.8 Å². The zero-order valence-electron chi connectivity index (χ0n) is 16.8. The molecule has 150 valence electrons. The highest BCUT2D eigenvalue weighted by Crippen LogP contribution is 2.24. The van der Waals surface area contributed by atoms with E-state index in [0.29, 0.717) is 37.0 Å². The van der Waals surface area contributed by atoms with Gasteiger partial charge in [0.2, 0.25) is 11.8 Å². The Morgan fingerprint density at radius 2 is 2.07 bits per heavy atom. The first-order chi connectivity index (χ1) is 14.0. The van der Waals surface area contributed by atoms with Crippen molar-refractivity contribution in [2.24, 2.45) is 7.05 Å². The predicted octanol–water partition coefficient (Wildman–Crippen LogP) is 2.30. The van der Waals surface area contributed by atoms with Gasteiger partial charge in [0.05, 0.1) is 12.7 Å². The highest BCUT2D eigenvalue weighted by Gasteiger charge is 2.27. The van der Waals surface area contributed by atoms with Crippen LogP contribution in [0.4, 0.5) is 0 Å². The molecule has 0 N–H and O–H groups in total. The molecule has 0 saturated heterocycles. The van der Waals surface area contributed by atoms with E-state index in [1.165, 1.54) is 0 Å². The van der Waals surface area contributed by atoms with Crippen LogP contribution in [0, 0.1) is 6.92 Å². The van der Waals surface area contributed by atoms with Crippen molar-refractivity contribution in [2.75, 3.05) is 13.7 Å². The summed E-state index contributed by atoms with van der Waals surface area (Å²) >= 11 is 0. The Bertz CT molecular complexity index is 1030. The van der Waals surface area contributed by atoms with Gasteiger partial charge in [-0.1, -0.05) is 0 Å². The van der Waals surface area contributed by atoms with Crippen LogP contribution in [0.15, 0.2) is 36.7 Å². The minimum atomic E-state index is -0.0538. The largest absolute Gasteiger partial charge is 0.481 e. The molecule has 29 heavy (non-hydrogen) atoms. The minimum absolute atomic E-state index is 0.0538. The number of carbonyl (C=O) groups excluding carboxylic acids is 1. The Morgan fingerprint density at radius 1 is 1.21 bits per heavy atom. The molecule has 0 fully saturated rings. The second kappa shape index (κ2) is 7.90. The van der Waals surface area contributed by atoms with Crippen molar-refractivity contribution < 1.29 is 14.3 Å².